The Labute approximate surface area is 87.5 Å². The highest BCUT2D eigenvalue weighted by molar-refractivity contribution is 5.70. The number of carbonyl (C=O) groups excluding carboxylic acids is 1. The zero-order valence-corrected chi connectivity index (χ0v) is 8.67. The van der Waals surface area contributed by atoms with E-state index in [9.17, 15) is 4.79 Å². The maximum atomic E-state index is 11.1. The third kappa shape index (κ3) is 1.68. The predicted octanol–water partition coefficient (Wildman–Crippen LogP) is -0.537. The van der Waals surface area contributed by atoms with Gasteiger partial charge in [0, 0.05) is 13.0 Å². The molecule has 2 saturated heterocycles. The highest BCUT2D eigenvalue weighted by Crippen LogP contribution is 2.31. The average Bonchev–Trinajstić information content (AvgIpc) is 2.61. The Morgan fingerprint density at radius 1 is 1.60 bits per heavy atom. The zero-order chi connectivity index (χ0) is 11.0. The third-order valence-electron chi connectivity index (χ3n) is 3.00. The number of carbonyl (C=O) groups is 1. The summed E-state index contributed by atoms with van der Waals surface area (Å²) in [6, 6.07) is -0.291. The van der Waals surface area contributed by atoms with Crippen LogP contribution in [0.4, 0.5) is 4.79 Å². The van der Waals surface area contributed by atoms with Gasteiger partial charge in [0.25, 0.3) is 0 Å². The number of ether oxygens (including phenoxy) is 3. The molecule has 0 aromatic rings. The number of alkyl carbamates (subject to hydrolysis) is 1. The van der Waals surface area contributed by atoms with Crippen LogP contribution < -0.4 is 5.32 Å². The number of amides is 1. The Morgan fingerprint density at radius 3 is 2.93 bits per heavy atom. The minimum Gasteiger partial charge on any atom is -0.443 e. The average molecular weight is 217 g/mol. The topological polar surface area (TPSA) is 77.0 Å². The number of hydrogen-bond acceptors (Lipinski definition) is 5. The molecule has 0 aromatic heterocycles. The lowest BCUT2D eigenvalue weighted by molar-refractivity contribution is -0.233. The van der Waals surface area contributed by atoms with Crippen LogP contribution in [0.3, 0.4) is 0 Å². The number of nitrogens with one attached hydrogen (secondary N) is 1. The Morgan fingerprint density at radius 2 is 2.33 bits per heavy atom. The third-order valence-corrected chi connectivity index (χ3v) is 3.00. The highest BCUT2D eigenvalue weighted by Gasteiger charge is 2.50. The van der Waals surface area contributed by atoms with Crippen molar-refractivity contribution >= 4 is 6.09 Å². The van der Waals surface area contributed by atoms with Crippen LogP contribution in [0, 0.1) is 5.92 Å². The van der Waals surface area contributed by atoms with Crippen molar-refractivity contribution < 1.29 is 24.1 Å². The minimum absolute atomic E-state index is 0.0506. The second-order valence-electron chi connectivity index (χ2n) is 3.86. The Hall–Kier alpha value is -0.850. The Bertz CT molecular complexity index is 259. The molecule has 2 rings (SSSR count). The molecule has 2 fully saturated rings. The van der Waals surface area contributed by atoms with Crippen molar-refractivity contribution in [3.63, 3.8) is 0 Å². The predicted molar refractivity (Wildman–Crippen MR) is 49.1 cm³/mol. The SMILES string of the molecule is COC1OC(CO)C(C)C2OC(=O)NC12. The van der Waals surface area contributed by atoms with E-state index in [-0.39, 0.29) is 30.8 Å². The molecule has 1 amide bonds. The summed E-state index contributed by atoms with van der Waals surface area (Å²) >= 11 is 0. The molecule has 2 aliphatic heterocycles. The Kier molecular flexibility index (Phi) is 2.81. The van der Waals surface area contributed by atoms with E-state index in [0.717, 1.165) is 0 Å². The molecule has 0 bridgehead atoms. The van der Waals surface area contributed by atoms with Crippen LogP contribution in [-0.4, -0.2) is 49.5 Å². The van der Waals surface area contributed by atoms with E-state index >= 15 is 0 Å². The van der Waals surface area contributed by atoms with Crippen LogP contribution in [0.25, 0.3) is 0 Å². The summed E-state index contributed by atoms with van der Waals surface area (Å²) in [7, 11) is 1.50. The van der Waals surface area contributed by atoms with Gasteiger partial charge in [0.05, 0.1) is 12.7 Å². The lowest BCUT2D eigenvalue weighted by Gasteiger charge is -2.39. The quantitative estimate of drug-likeness (QED) is 0.649. The molecule has 5 unspecified atom stereocenters. The van der Waals surface area contributed by atoms with E-state index in [4.69, 9.17) is 19.3 Å². The first-order valence-corrected chi connectivity index (χ1v) is 4.93. The summed E-state index contributed by atoms with van der Waals surface area (Å²) in [6.45, 7) is 1.77. The number of aliphatic hydroxyl groups excluding tert-OH is 1. The first-order valence-electron chi connectivity index (χ1n) is 4.93. The van der Waals surface area contributed by atoms with Gasteiger partial charge in [-0.15, -0.1) is 0 Å². The summed E-state index contributed by atoms with van der Waals surface area (Å²) in [4.78, 5) is 11.1. The lowest BCUT2D eigenvalue weighted by Crippen LogP contribution is -2.56. The summed E-state index contributed by atoms with van der Waals surface area (Å²) in [5.74, 6) is -0.0506. The summed E-state index contributed by atoms with van der Waals surface area (Å²) in [5.41, 5.74) is 0. The van der Waals surface area contributed by atoms with Crippen LogP contribution in [0.1, 0.15) is 6.92 Å². The molecular weight excluding hydrogens is 202 g/mol. The van der Waals surface area contributed by atoms with Gasteiger partial charge in [-0.1, -0.05) is 6.92 Å². The second-order valence-corrected chi connectivity index (χ2v) is 3.86. The van der Waals surface area contributed by atoms with Gasteiger partial charge in [0.1, 0.15) is 12.1 Å². The van der Waals surface area contributed by atoms with Crippen molar-refractivity contribution in [2.45, 2.75) is 31.5 Å². The fourth-order valence-corrected chi connectivity index (χ4v) is 2.11. The summed E-state index contributed by atoms with van der Waals surface area (Å²) in [5, 5.41) is 11.8. The molecule has 0 spiro atoms. The number of methoxy groups -OCH3 is 1. The standard InChI is InChI=1S/C9H15NO5/c1-4-5(3-11)14-8(13-2)6-7(4)15-9(12)10-6/h4-8,11H,3H2,1-2H3,(H,10,12). The van der Waals surface area contributed by atoms with Crippen molar-refractivity contribution in [3.8, 4) is 0 Å². The maximum Gasteiger partial charge on any atom is 0.408 e. The van der Waals surface area contributed by atoms with Crippen molar-refractivity contribution in [2.75, 3.05) is 13.7 Å². The van der Waals surface area contributed by atoms with Gasteiger partial charge in [0.2, 0.25) is 0 Å². The second kappa shape index (κ2) is 3.96. The van der Waals surface area contributed by atoms with Crippen LogP contribution >= 0.6 is 0 Å². The maximum absolute atomic E-state index is 11.1. The molecular formula is C9H15NO5. The molecule has 2 aliphatic rings. The number of hydrogen-bond donors (Lipinski definition) is 2. The lowest BCUT2D eigenvalue weighted by atomic mass is 9.90. The van der Waals surface area contributed by atoms with Gasteiger partial charge in [0.15, 0.2) is 6.29 Å². The highest BCUT2D eigenvalue weighted by atomic mass is 16.7. The molecule has 0 aliphatic carbocycles. The van der Waals surface area contributed by atoms with Gasteiger partial charge in [-0.3, -0.25) is 0 Å². The largest absolute Gasteiger partial charge is 0.443 e. The molecule has 6 nitrogen and oxygen atoms in total. The number of rotatable bonds is 2. The van der Waals surface area contributed by atoms with E-state index < -0.39 is 12.4 Å². The van der Waals surface area contributed by atoms with Crippen LogP contribution in [0.2, 0.25) is 0 Å². The van der Waals surface area contributed by atoms with Gasteiger partial charge in [-0.05, 0) is 0 Å². The van der Waals surface area contributed by atoms with Crippen LogP contribution in [0.5, 0.6) is 0 Å². The summed E-state index contributed by atoms with van der Waals surface area (Å²) in [6.07, 6.45) is -1.67. The van der Waals surface area contributed by atoms with Gasteiger partial charge >= 0.3 is 6.09 Å². The molecule has 15 heavy (non-hydrogen) atoms. The minimum atomic E-state index is -0.560. The van der Waals surface area contributed by atoms with Crippen molar-refractivity contribution in [2.24, 2.45) is 5.92 Å². The summed E-state index contributed by atoms with van der Waals surface area (Å²) < 4.78 is 15.7. The molecule has 0 radical (unpaired) electrons. The van der Waals surface area contributed by atoms with Crippen molar-refractivity contribution in [1.29, 1.82) is 0 Å². The normalized spacial score (nSPS) is 44.5. The van der Waals surface area contributed by atoms with Crippen molar-refractivity contribution in [3.05, 3.63) is 0 Å². The van der Waals surface area contributed by atoms with Crippen LogP contribution in [0.15, 0.2) is 0 Å². The van der Waals surface area contributed by atoms with Gasteiger partial charge in [-0.2, -0.15) is 0 Å². The van der Waals surface area contributed by atoms with E-state index in [1.807, 2.05) is 6.92 Å². The number of fused-ring (bicyclic) bond motifs is 1. The Balaban J connectivity index is 2.16. The smallest absolute Gasteiger partial charge is 0.408 e. The van der Waals surface area contributed by atoms with E-state index in [2.05, 4.69) is 5.32 Å². The van der Waals surface area contributed by atoms with Crippen LogP contribution in [-0.2, 0) is 14.2 Å². The van der Waals surface area contributed by atoms with E-state index in [1.165, 1.54) is 7.11 Å². The first-order chi connectivity index (χ1) is 7.17. The molecule has 6 heteroatoms. The van der Waals surface area contributed by atoms with Gasteiger partial charge < -0.3 is 24.6 Å². The first kappa shape index (κ1) is 10.7. The van der Waals surface area contributed by atoms with E-state index in [0.29, 0.717) is 0 Å². The molecule has 2 N–H and O–H groups in total. The monoisotopic (exact) mass is 217 g/mol. The number of aliphatic hydroxyl groups is 1. The molecule has 0 aromatic carbocycles. The fourth-order valence-electron chi connectivity index (χ4n) is 2.11. The molecule has 5 atom stereocenters. The molecule has 86 valence electrons. The fraction of sp³-hybridized carbons (Fsp3) is 0.889. The van der Waals surface area contributed by atoms with Crippen molar-refractivity contribution in [1.82, 2.24) is 5.32 Å². The van der Waals surface area contributed by atoms with E-state index in [1.54, 1.807) is 0 Å². The molecule has 2 heterocycles. The van der Waals surface area contributed by atoms with Gasteiger partial charge in [-0.25, -0.2) is 4.79 Å². The zero-order valence-electron chi connectivity index (χ0n) is 8.67. The molecule has 0 saturated carbocycles.